The summed E-state index contributed by atoms with van der Waals surface area (Å²) >= 11 is 0. The molecule has 0 heterocycles. The molecule has 0 fully saturated rings. The highest BCUT2D eigenvalue weighted by atomic mass is 32.2. The maximum absolute atomic E-state index is 12.7. The molecule has 120 valence electrons. The molecule has 1 N–H and O–H groups in total. The van der Waals surface area contributed by atoms with Gasteiger partial charge in [-0.15, -0.1) is 0 Å². The average molecular weight is 335 g/mol. The number of rotatable bonds is 3. The van der Waals surface area contributed by atoms with Crippen molar-refractivity contribution in [2.75, 3.05) is 0 Å². The quantitative estimate of drug-likeness (QED) is 0.862. The summed E-state index contributed by atoms with van der Waals surface area (Å²) in [6.45, 7) is 1.67. The number of sulfonamides is 1. The standard InChI is InChI=1S/C11H11F6NO2S/c1-6-3-4-8(5-9(6)11(15,16)17)21(19,20)18-7(2)10(12,13)14/h3-5,7,18H,1-2H3/t7-/m0/s1. The first-order valence-corrected chi connectivity index (χ1v) is 7.00. The minimum Gasteiger partial charge on any atom is -0.207 e. The Morgan fingerprint density at radius 1 is 1.10 bits per heavy atom. The fourth-order valence-electron chi connectivity index (χ4n) is 1.44. The van der Waals surface area contributed by atoms with Crippen LogP contribution in [0.1, 0.15) is 18.1 Å². The van der Waals surface area contributed by atoms with Crippen LogP contribution in [0, 0.1) is 6.92 Å². The van der Waals surface area contributed by atoms with E-state index in [0.717, 1.165) is 19.1 Å². The summed E-state index contributed by atoms with van der Waals surface area (Å²) in [6.07, 6.45) is -9.64. The summed E-state index contributed by atoms with van der Waals surface area (Å²) in [6, 6.07) is -0.412. The summed E-state index contributed by atoms with van der Waals surface area (Å²) in [5.74, 6) is 0. The van der Waals surface area contributed by atoms with E-state index in [-0.39, 0.29) is 5.56 Å². The summed E-state index contributed by atoms with van der Waals surface area (Å²) in [7, 11) is -4.71. The van der Waals surface area contributed by atoms with Crippen LogP contribution < -0.4 is 4.72 Å². The van der Waals surface area contributed by atoms with E-state index in [2.05, 4.69) is 0 Å². The summed E-state index contributed by atoms with van der Waals surface area (Å²) in [5, 5.41) is 0. The fourth-order valence-corrected chi connectivity index (χ4v) is 2.70. The van der Waals surface area contributed by atoms with Gasteiger partial charge in [-0.25, -0.2) is 8.42 Å². The lowest BCUT2D eigenvalue weighted by Gasteiger charge is -2.18. The molecule has 0 saturated carbocycles. The minimum absolute atomic E-state index is 0.231. The van der Waals surface area contributed by atoms with E-state index in [1.807, 2.05) is 0 Å². The van der Waals surface area contributed by atoms with E-state index in [9.17, 15) is 34.8 Å². The Balaban J connectivity index is 3.22. The lowest BCUT2D eigenvalue weighted by molar-refractivity contribution is -0.147. The number of hydrogen-bond acceptors (Lipinski definition) is 2. The Labute approximate surface area is 117 Å². The molecule has 0 aliphatic heterocycles. The van der Waals surface area contributed by atoms with Gasteiger partial charge in [0.2, 0.25) is 10.0 Å². The predicted octanol–water partition coefficient (Wildman–Crippen LogP) is 3.24. The first kappa shape index (κ1) is 17.8. The van der Waals surface area contributed by atoms with Gasteiger partial charge < -0.3 is 0 Å². The van der Waals surface area contributed by atoms with Crippen LogP contribution in [0.3, 0.4) is 0 Å². The highest BCUT2D eigenvalue weighted by Crippen LogP contribution is 2.33. The number of benzene rings is 1. The molecule has 0 amide bonds. The highest BCUT2D eigenvalue weighted by Gasteiger charge is 2.39. The van der Waals surface area contributed by atoms with E-state index >= 15 is 0 Å². The van der Waals surface area contributed by atoms with Crippen molar-refractivity contribution in [1.82, 2.24) is 4.72 Å². The van der Waals surface area contributed by atoms with Crippen molar-refractivity contribution in [3.8, 4) is 0 Å². The molecule has 0 unspecified atom stereocenters. The lowest BCUT2D eigenvalue weighted by Crippen LogP contribution is -2.43. The third-order valence-corrected chi connectivity index (χ3v) is 4.19. The third-order valence-electron chi connectivity index (χ3n) is 2.65. The summed E-state index contributed by atoms with van der Waals surface area (Å²) in [5.41, 5.74) is -1.45. The van der Waals surface area contributed by atoms with Gasteiger partial charge in [-0.1, -0.05) is 6.07 Å². The first-order chi connectivity index (χ1) is 9.25. The molecule has 1 rings (SSSR count). The SMILES string of the molecule is Cc1ccc(S(=O)(=O)N[C@@H](C)C(F)(F)F)cc1C(F)(F)F. The molecule has 0 radical (unpaired) electrons. The van der Waals surface area contributed by atoms with Gasteiger partial charge in [0.25, 0.3) is 0 Å². The van der Waals surface area contributed by atoms with Crippen LogP contribution in [0.4, 0.5) is 26.3 Å². The molecule has 0 aliphatic carbocycles. The maximum Gasteiger partial charge on any atom is 0.416 e. The molecular formula is C11H11F6NO2S. The Kier molecular flexibility index (Phi) is 4.64. The van der Waals surface area contributed by atoms with Gasteiger partial charge in [0, 0.05) is 0 Å². The van der Waals surface area contributed by atoms with Crippen LogP contribution in [0.2, 0.25) is 0 Å². The summed E-state index contributed by atoms with van der Waals surface area (Å²) in [4.78, 5) is -0.878. The zero-order valence-corrected chi connectivity index (χ0v) is 11.6. The second-order valence-electron chi connectivity index (χ2n) is 4.36. The average Bonchev–Trinajstić information content (AvgIpc) is 2.25. The van der Waals surface area contributed by atoms with Crippen molar-refractivity contribution in [2.45, 2.75) is 37.1 Å². The van der Waals surface area contributed by atoms with Gasteiger partial charge in [0.05, 0.1) is 10.5 Å². The molecule has 0 saturated heterocycles. The highest BCUT2D eigenvalue weighted by molar-refractivity contribution is 7.89. The Hall–Kier alpha value is -1.29. The molecule has 1 atom stereocenters. The van der Waals surface area contributed by atoms with Crippen LogP contribution in [0.15, 0.2) is 23.1 Å². The number of aryl methyl sites for hydroxylation is 1. The van der Waals surface area contributed by atoms with E-state index in [0.29, 0.717) is 13.0 Å². The van der Waals surface area contributed by atoms with Gasteiger partial charge in [-0.3, -0.25) is 0 Å². The van der Waals surface area contributed by atoms with Crippen molar-refractivity contribution in [2.24, 2.45) is 0 Å². The molecule has 0 aromatic heterocycles. The van der Waals surface area contributed by atoms with Crippen molar-refractivity contribution >= 4 is 10.0 Å². The van der Waals surface area contributed by atoms with Crippen LogP contribution in [-0.4, -0.2) is 20.6 Å². The first-order valence-electron chi connectivity index (χ1n) is 5.52. The fraction of sp³-hybridized carbons (Fsp3) is 0.455. The van der Waals surface area contributed by atoms with Gasteiger partial charge in [-0.2, -0.15) is 31.1 Å². The Morgan fingerprint density at radius 2 is 1.62 bits per heavy atom. The van der Waals surface area contributed by atoms with Gasteiger partial charge in [0.15, 0.2) is 0 Å². The molecule has 1 aromatic carbocycles. The third kappa shape index (κ3) is 4.34. The van der Waals surface area contributed by atoms with Crippen molar-refractivity contribution in [3.63, 3.8) is 0 Å². The molecule has 0 aliphatic rings. The maximum atomic E-state index is 12.7. The van der Waals surface area contributed by atoms with E-state index in [4.69, 9.17) is 0 Å². The largest absolute Gasteiger partial charge is 0.416 e. The van der Waals surface area contributed by atoms with E-state index in [1.165, 1.54) is 4.72 Å². The van der Waals surface area contributed by atoms with Crippen LogP contribution in [0.5, 0.6) is 0 Å². The minimum atomic E-state index is -4.84. The number of hydrogen-bond donors (Lipinski definition) is 1. The second-order valence-corrected chi connectivity index (χ2v) is 6.07. The second kappa shape index (κ2) is 5.48. The topological polar surface area (TPSA) is 46.2 Å². The molecule has 0 spiro atoms. The summed E-state index contributed by atoms with van der Waals surface area (Å²) < 4.78 is 99.7. The van der Waals surface area contributed by atoms with Crippen molar-refractivity contribution in [1.29, 1.82) is 0 Å². The predicted molar refractivity (Wildman–Crippen MR) is 62.0 cm³/mol. The number of nitrogens with one attached hydrogen (secondary N) is 1. The van der Waals surface area contributed by atoms with E-state index in [1.54, 1.807) is 0 Å². The molecule has 0 bridgehead atoms. The smallest absolute Gasteiger partial charge is 0.207 e. The van der Waals surface area contributed by atoms with Crippen molar-refractivity contribution < 1.29 is 34.8 Å². The molecular weight excluding hydrogens is 324 g/mol. The number of halogens is 6. The Bertz CT molecular complexity index is 621. The molecule has 21 heavy (non-hydrogen) atoms. The van der Waals surface area contributed by atoms with Gasteiger partial charge >= 0.3 is 12.4 Å². The van der Waals surface area contributed by atoms with Gasteiger partial charge in [-0.05, 0) is 31.5 Å². The zero-order chi connectivity index (χ0) is 16.6. The van der Waals surface area contributed by atoms with E-state index < -0.39 is 38.9 Å². The van der Waals surface area contributed by atoms with Crippen molar-refractivity contribution in [3.05, 3.63) is 29.3 Å². The molecule has 10 heteroatoms. The van der Waals surface area contributed by atoms with Crippen LogP contribution >= 0.6 is 0 Å². The zero-order valence-electron chi connectivity index (χ0n) is 10.8. The van der Waals surface area contributed by atoms with Crippen LogP contribution in [0.25, 0.3) is 0 Å². The molecule has 3 nitrogen and oxygen atoms in total. The van der Waals surface area contributed by atoms with Crippen LogP contribution in [-0.2, 0) is 16.2 Å². The lowest BCUT2D eigenvalue weighted by atomic mass is 10.1. The number of alkyl halides is 6. The monoisotopic (exact) mass is 335 g/mol. The normalized spacial score (nSPS) is 15.0. The molecule has 1 aromatic rings. The van der Waals surface area contributed by atoms with Gasteiger partial charge in [0.1, 0.15) is 6.04 Å². The Morgan fingerprint density at radius 3 is 2.05 bits per heavy atom.